The predicted octanol–water partition coefficient (Wildman–Crippen LogP) is -23.7. The summed E-state index contributed by atoms with van der Waals surface area (Å²) in [5.41, 5.74) is 0. The summed E-state index contributed by atoms with van der Waals surface area (Å²) in [6.07, 6.45) is -104. The second-order valence-electron chi connectivity index (χ2n) is 34.1. The van der Waals surface area contributed by atoms with Crippen LogP contribution in [0.3, 0.4) is 0 Å². The summed E-state index contributed by atoms with van der Waals surface area (Å²) < 4.78 is 97.8. The number of aliphatic carboxylic acids is 2. The monoisotopic (exact) mass is 2020 g/mol. The van der Waals surface area contributed by atoms with Crippen LogP contribution in [0.4, 0.5) is 0 Å². The van der Waals surface area contributed by atoms with E-state index in [0.29, 0.717) is 0 Å². The van der Waals surface area contributed by atoms with Crippen LogP contribution in [-0.4, -0.2) is 582 Å². The number of ether oxygens (including phenoxy) is 17. The molecule has 5 amide bonds. The van der Waals surface area contributed by atoms with Gasteiger partial charge in [-0.05, 0) is 12.8 Å². The standard InChI is InChI=1S/C76H129N5O57/c1-20(89)77-37-27(96)10-75(73(118)119,137-61(37)43(101)29(98)12-83)123-18-35-46(104)51(109)54(112)70(129-35)133-59-33(16-87)127-68(40(49(59)107)80-23(4)92)135-63(42(100)25(94)6-8-82)67(117)122-9-7-26(95)57(56(114)66(116)131-58-32(15-86)125-65(115)39(48(58)106)79-22(3)91)132-72-64(53(111)45(103)31(14-85)126-72)136-69-41(81-24(5)93)50(108)60(34(17-88)128-69)134-71-55(113)52(110)47(105)36(130-71)19-124-76(74(120)121)11-28(97)38(78-21(2)90)62(138-76)44(102)30(99)13-84/h25-72,82-88,94-117H,6-19H2,1-5H3,(H,77,89)(H,78,90)(H,79,91)(H,80,92)(H,81,93)(H,118,119)(H,120,121)/t25-,26-,27-,28-,29-,30-,31+,32?,33?,34?,35?,36?,37-,38-,39?,40?,41?,42?,43-,44-,45-,46+,47+,48-,49-,50-,51+,52+,53?,54?,55?,56?,57+,58-,59-,60-,61?,62?,63-,64?,65-,66+,67-,68+,69+,70+,71+,72-,75-,76-/m1/s1. The molecule has 62 nitrogen and oxygen atoms in total. The van der Waals surface area contributed by atoms with Gasteiger partial charge in [-0.25, -0.2) is 9.59 Å². The average Bonchev–Trinajstić information content (AvgIpc) is 0.765. The molecular formula is C76H129N5O57. The Morgan fingerprint density at radius 1 is 0.348 bits per heavy atom. The van der Waals surface area contributed by atoms with E-state index < -0.39 is 439 Å². The molecule has 0 saturated carbocycles. The van der Waals surface area contributed by atoms with E-state index in [0.717, 1.165) is 34.6 Å². The van der Waals surface area contributed by atoms with Gasteiger partial charge in [0.05, 0.1) is 96.0 Å². The molecule has 0 radical (unpaired) electrons. The van der Waals surface area contributed by atoms with Gasteiger partial charge in [-0.3, -0.25) is 24.0 Å². The molecule has 0 bridgehead atoms. The molecule has 8 aliphatic heterocycles. The third-order valence-corrected chi connectivity index (χ3v) is 24.1. The molecule has 138 heavy (non-hydrogen) atoms. The number of carbonyl (C=O) groups excluding carboxylic acids is 5. The van der Waals surface area contributed by atoms with Gasteiger partial charge in [0, 0.05) is 54.1 Å². The fraction of sp³-hybridized carbons (Fsp3) is 0.908. The number of rotatable bonds is 47. The largest absolute Gasteiger partial charge is 0.477 e. The first kappa shape index (κ1) is 118. The van der Waals surface area contributed by atoms with Gasteiger partial charge in [0.1, 0.15) is 207 Å². The van der Waals surface area contributed by atoms with Crippen LogP contribution in [0.25, 0.3) is 0 Å². The molecule has 800 valence electrons. The molecule has 62 heteroatoms. The van der Waals surface area contributed by atoms with Crippen LogP contribution in [0.5, 0.6) is 0 Å². The highest BCUT2D eigenvalue weighted by Gasteiger charge is 2.63. The Balaban J connectivity index is 1.06. The van der Waals surface area contributed by atoms with Crippen LogP contribution in [0.15, 0.2) is 0 Å². The fourth-order valence-electron chi connectivity index (χ4n) is 16.7. The van der Waals surface area contributed by atoms with Crippen molar-refractivity contribution in [1.82, 2.24) is 26.6 Å². The number of carboxylic acids is 2. The number of carboxylic acid groups (broad SMARTS) is 2. The molecule has 0 aliphatic carbocycles. The fourth-order valence-corrected chi connectivity index (χ4v) is 16.7. The summed E-state index contributed by atoms with van der Waals surface area (Å²) in [6, 6.07) is -9.52. The molecule has 8 rings (SSSR count). The Kier molecular flexibility index (Phi) is 44.3. The first-order valence-electron chi connectivity index (χ1n) is 43.3. The highest BCUT2D eigenvalue weighted by atomic mass is 16.8. The molecule has 50 atom stereocenters. The van der Waals surface area contributed by atoms with Crippen molar-refractivity contribution >= 4 is 41.5 Å². The van der Waals surface area contributed by atoms with Gasteiger partial charge in [-0.15, -0.1) is 0 Å². The van der Waals surface area contributed by atoms with E-state index in [4.69, 9.17) is 80.5 Å². The molecule has 0 aromatic rings. The van der Waals surface area contributed by atoms with Crippen LogP contribution < -0.4 is 26.6 Å². The minimum atomic E-state index is -3.12. The molecule has 8 heterocycles. The number of hydrogen-bond donors (Lipinski definition) is 38. The Morgan fingerprint density at radius 2 is 0.717 bits per heavy atom. The second-order valence-corrected chi connectivity index (χ2v) is 34.1. The molecular weight excluding hydrogens is 1890 g/mol. The van der Waals surface area contributed by atoms with Gasteiger partial charge < -0.3 is 276 Å². The summed E-state index contributed by atoms with van der Waals surface area (Å²) in [6.45, 7) is -7.58. The number of amides is 5. The van der Waals surface area contributed by atoms with Crippen molar-refractivity contribution < 1.29 is 283 Å². The summed E-state index contributed by atoms with van der Waals surface area (Å²) in [5.74, 6) is -15.2. The number of nitrogens with one attached hydrogen (secondary N) is 5. The molecule has 8 fully saturated rings. The summed E-state index contributed by atoms with van der Waals surface area (Å²) >= 11 is 0. The first-order valence-corrected chi connectivity index (χ1v) is 43.3. The van der Waals surface area contributed by atoms with Crippen LogP contribution in [0.2, 0.25) is 0 Å². The van der Waals surface area contributed by atoms with E-state index in [1.54, 1.807) is 0 Å². The topological polar surface area (TPSA) is 1000 Å². The van der Waals surface area contributed by atoms with Gasteiger partial charge in [0.15, 0.2) is 50.3 Å². The van der Waals surface area contributed by atoms with E-state index in [2.05, 4.69) is 26.6 Å². The Bertz CT molecular complexity index is 3820. The predicted molar refractivity (Wildman–Crippen MR) is 426 cm³/mol. The highest BCUT2D eigenvalue weighted by molar-refractivity contribution is 5.78. The zero-order valence-corrected chi connectivity index (χ0v) is 74.2. The SMILES string of the molecule is CC(=O)NC1[C@H](OC2C(O)[C@H](O)[C@H](CO)O[C@@H]2O[C@H](C(O)[C@@H](O)O[C@@H]2C(CO)O[C@@H](O)C(NC(C)=O)[C@H]2O)[C@H](O)CCO[C@@H](O)[C@H](O[C@@H]2OC(CO)[C@@H](O[C@@H]3OC(CO[C@]4(C(=O)O)C[C@@H](O)[C@@H](NC(C)=O)C([C@H](O)[C@H](O)CO)O4)[C@H](O)[C@H](O)C3O)[C@H](O)C2NC(C)=O)C(O)[C@H](O)CCO)OC(CO)[C@@H](O[C@@H]2OC(CO[C@]3(C(=O)O)C[C@@H](O)[C@@H](NC(C)=O)C([C@H](O)[C@H](O)CO)O3)[C@H](O)[C@H](O)C2O)[C@@H]1O. The molecule has 8 saturated heterocycles. The van der Waals surface area contributed by atoms with Gasteiger partial charge >= 0.3 is 11.9 Å². The van der Waals surface area contributed by atoms with Crippen LogP contribution in [0.1, 0.15) is 60.3 Å². The zero-order chi connectivity index (χ0) is 103. The number of aliphatic hydroxyl groups excluding tert-OH is 31. The minimum Gasteiger partial charge on any atom is -0.477 e. The average molecular weight is 2020 g/mol. The number of aliphatic hydroxyl groups is 31. The molecule has 0 spiro atoms. The van der Waals surface area contributed by atoms with Crippen molar-refractivity contribution in [2.45, 2.75) is 366 Å². The van der Waals surface area contributed by atoms with Crippen LogP contribution in [0, 0.1) is 0 Å². The van der Waals surface area contributed by atoms with Crippen LogP contribution >= 0.6 is 0 Å². The van der Waals surface area contributed by atoms with E-state index in [1.807, 2.05) is 0 Å². The normalized spacial score (nSPS) is 41.3. The van der Waals surface area contributed by atoms with E-state index in [9.17, 15) is 202 Å². The summed E-state index contributed by atoms with van der Waals surface area (Å²) in [4.78, 5) is 88.7. The van der Waals surface area contributed by atoms with E-state index >= 15 is 0 Å². The smallest absolute Gasteiger partial charge is 0.364 e. The van der Waals surface area contributed by atoms with Gasteiger partial charge in [-0.2, -0.15) is 0 Å². The third kappa shape index (κ3) is 28.0. The molecule has 8 aliphatic rings. The van der Waals surface area contributed by atoms with Crippen molar-refractivity contribution in [2.24, 2.45) is 0 Å². The molecule has 38 N–H and O–H groups in total. The Hall–Kier alpha value is -5.63. The van der Waals surface area contributed by atoms with Gasteiger partial charge in [0.25, 0.3) is 11.6 Å². The maximum absolute atomic E-state index is 13.2. The summed E-state index contributed by atoms with van der Waals surface area (Å²) in [7, 11) is 0. The Labute approximate surface area is 780 Å². The van der Waals surface area contributed by atoms with Crippen molar-refractivity contribution in [3.05, 3.63) is 0 Å². The van der Waals surface area contributed by atoms with Crippen LogP contribution in [-0.2, 0) is 114 Å². The molecule has 0 aromatic carbocycles. The second kappa shape index (κ2) is 51.9. The number of carbonyl (C=O) groups is 7. The van der Waals surface area contributed by atoms with Crippen molar-refractivity contribution in [3.63, 3.8) is 0 Å². The first-order chi connectivity index (χ1) is 64.8. The zero-order valence-electron chi connectivity index (χ0n) is 74.2. The lowest BCUT2D eigenvalue weighted by atomic mass is 9.88. The van der Waals surface area contributed by atoms with Crippen molar-refractivity contribution in [2.75, 3.05) is 66.1 Å². The van der Waals surface area contributed by atoms with Crippen molar-refractivity contribution in [1.29, 1.82) is 0 Å². The maximum Gasteiger partial charge on any atom is 0.364 e. The number of hydrogen-bond acceptors (Lipinski definition) is 55. The third-order valence-electron chi connectivity index (χ3n) is 24.1. The lowest BCUT2D eigenvalue weighted by Gasteiger charge is -2.50. The lowest BCUT2D eigenvalue weighted by molar-refractivity contribution is -0.383. The lowest BCUT2D eigenvalue weighted by Crippen LogP contribution is -2.70. The van der Waals surface area contributed by atoms with E-state index in [-0.39, 0.29) is 0 Å². The molecule has 16 unspecified atom stereocenters. The molecule has 0 aromatic heterocycles. The minimum absolute atomic E-state index is 0.771. The van der Waals surface area contributed by atoms with Gasteiger partial charge in [-0.1, -0.05) is 0 Å². The Morgan fingerprint density at radius 3 is 1.13 bits per heavy atom. The quantitative estimate of drug-likeness (QED) is 0.0252. The van der Waals surface area contributed by atoms with E-state index in [1.165, 1.54) is 0 Å². The van der Waals surface area contributed by atoms with Crippen molar-refractivity contribution in [3.8, 4) is 0 Å². The summed E-state index contributed by atoms with van der Waals surface area (Å²) in [5, 5.41) is 378. The van der Waals surface area contributed by atoms with Gasteiger partial charge in [0.2, 0.25) is 29.5 Å². The maximum atomic E-state index is 13.2. The highest BCUT2D eigenvalue weighted by Crippen LogP contribution is 2.41.